The molecule has 1 aliphatic rings. The molecule has 7 nitrogen and oxygen atoms in total. The molecule has 0 aromatic heterocycles. The highest BCUT2D eigenvalue weighted by molar-refractivity contribution is 6.19. The highest BCUT2D eigenvalue weighted by Gasteiger charge is 2.30. The Bertz CT molecular complexity index is 1160. The quantitative estimate of drug-likeness (QED) is 0.506. The Labute approximate surface area is 178 Å². The van der Waals surface area contributed by atoms with Gasteiger partial charge in [-0.15, -0.1) is 0 Å². The summed E-state index contributed by atoms with van der Waals surface area (Å²) in [5.74, 6) is -1.65. The first-order chi connectivity index (χ1) is 14.9. The van der Waals surface area contributed by atoms with Crippen molar-refractivity contribution in [1.29, 1.82) is 0 Å². The van der Waals surface area contributed by atoms with Crippen LogP contribution in [-0.2, 0) is 19.1 Å². The van der Waals surface area contributed by atoms with Gasteiger partial charge in [0.1, 0.15) is 0 Å². The number of hydrogen-bond acceptors (Lipinski definition) is 5. The van der Waals surface area contributed by atoms with Crippen molar-refractivity contribution in [3.8, 4) is 0 Å². The number of carbonyl (C=O) groups is 4. The van der Waals surface area contributed by atoms with E-state index < -0.39 is 18.0 Å². The molecule has 1 heterocycles. The Hall–Kier alpha value is -4.00. The van der Waals surface area contributed by atoms with Gasteiger partial charge in [0.2, 0.25) is 11.8 Å². The van der Waals surface area contributed by atoms with E-state index in [-0.39, 0.29) is 30.2 Å². The molecular formula is C24H20N2O5. The number of esters is 1. The van der Waals surface area contributed by atoms with Gasteiger partial charge in [0.15, 0.2) is 6.10 Å². The Balaban J connectivity index is 1.41. The second-order valence-electron chi connectivity index (χ2n) is 7.23. The summed E-state index contributed by atoms with van der Waals surface area (Å²) >= 11 is 0. The third kappa shape index (κ3) is 4.16. The number of ether oxygens (including phenoxy) is 1. The molecule has 0 radical (unpaired) electrons. The number of rotatable bonds is 5. The zero-order valence-electron chi connectivity index (χ0n) is 16.8. The predicted octanol–water partition coefficient (Wildman–Crippen LogP) is 3.68. The second kappa shape index (κ2) is 8.39. The van der Waals surface area contributed by atoms with Crippen molar-refractivity contribution in [2.24, 2.45) is 0 Å². The SMILES string of the molecule is C[C@@H](OC(=O)c1ccc(N2C(=O)CCC2=O)cc1)C(=O)Nc1cccc2ccccc12. The van der Waals surface area contributed by atoms with Gasteiger partial charge in [0, 0.05) is 23.9 Å². The van der Waals surface area contributed by atoms with Crippen LogP contribution in [0.5, 0.6) is 0 Å². The van der Waals surface area contributed by atoms with E-state index in [1.165, 1.54) is 31.2 Å². The Morgan fingerprint density at radius 2 is 1.55 bits per heavy atom. The van der Waals surface area contributed by atoms with Crippen molar-refractivity contribution in [2.75, 3.05) is 10.2 Å². The molecule has 4 rings (SSSR count). The van der Waals surface area contributed by atoms with E-state index in [1.807, 2.05) is 36.4 Å². The van der Waals surface area contributed by atoms with E-state index in [1.54, 1.807) is 6.07 Å². The van der Waals surface area contributed by atoms with Crippen LogP contribution < -0.4 is 10.2 Å². The van der Waals surface area contributed by atoms with Crippen LogP contribution in [-0.4, -0.2) is 29.8 Å². The lowest BCUT2D eigenvalue weighted by Crippen LogP contribution is -2.30. The monoisotopic (exact) mass is 416 g/mol. The maximum atomic E-state index is 12.6. The highest BCUT2D eigenvalue weighted by Crippen LogP contribution is 2.24. The number of nitrogens with one attached hydrogen (secondary N) is 1. The lowest BCUT2D eigenvalue weighted by atomic mass is 10.1. The van der Waals surface area contributed by atoms with Gasteiger partial charge >= 0.3 is 5.97 Å². The maximum absolute atomic E-state index is 12.6. The minimum absolute atomic E-state index is 0.186. The lowest BCUT2D eigenvalue weighted by molar-refractivity contribution is -0.124. The van der Waals surface area contributed by atoms with E-state index in [2.05, 4.69) is 5.32 Å². The summed E-state index contributed by atoms with van der Waals surface area (Å²) in [5, 5.41) is 4.67. The topological polar surface area (TPSA) is 92.8 Å². The van der Waals surface area contributed by atoms with Gasteiger partial charge in [-0.3, -0.25) is 19.3 Å². The molecule has 0 spiro atoms. The number of imide groups is 1. The van der Waals surface area contributed by atoms with E-state index >= 15 is 0 Å². The van der Waals surface area contributed by atoms with Crippen molar-refractivity contribution < 1.29 is 23.9 Å². The molecule has 1 N–H and O–H groups in total. The summed E-state index contributed by atoms with van der Waals surface area (Å²) in [7, 11) is 0. The Kier molecular flexibility index (Phi) is 5.49. The van der Waals surface area contributed by atoms with E-state index in [9.17, 15) is 19.2 Å². The zero-order chi connectivity index (χ0) is 22.0. The average Bonchev–Trinajstić information content (AvgIpc) is 3.12. The number of amides is 3. The molecule has 1 atom stereocenters. The lowest BCUT2D eigenvalue weighted by Gasteiger charge is -2.16. The first-order valence-electron chi connectivity index (χ1n) is 9.89. The maximum Gasteiger partial charge on any atom is 0.338 e. The molecule has 0 bridgehead atoms. The second-order valence-corrected chi connectivity index (χ2v) is 7.23. The Morgan fingerprint density at radius 1 is 0.903 bits per heavy atom. The van der Waals surface area contributed by atoms with Crippen LogP contribution >= 0.6 is 0 Å². The smallest absolute Gasteiger partial charge is 0.338 e. The molecule has 1 saturated heterocycles. The molecule has 0 unspecified atom stereocenters. The zero-order valence-corrected chi connectivity index (χ0v) is 16.8. The van der Waals surface area contributed by atoms with Gasteiger partial charge in [-0.1, -0.05) is 36.4 Å². The summed E-state index contributed by atoms with van der Waals surface area (Å²) in [5.41, 5.74) is 1.26. The van der Waals surface area contributed by atoms with Crippen molar-refractivity contribution in [1.82, 2.24) is 0 Å². The molecule has 31 heavy (non-hydrogen) atoms. The van der Waals surface area contributed by atoms with Crippen LogP contribution in [0.1, 0.15) is 30.1 Å². The van der Waals surface area contributed by atoms with E-state index in [4.69, 9.17) is 4.74 Å². The van der Waals surface area contributed by atoms with Gasteiger partial charge in [0.25, 0.3) is 5.91 Å². The molecular weight excluding hydrogens is 396 g/mol. The van der Waals surface area contributed by atoms with Crippen LogP contribution in [0.3, 0.4) is 0 Å². The normalized spacial score (nSPS) is 14.5. The number of hydrogen-bond donors (Lipinski definition) is 1. The van der Waals surface area contributed by atoms with Gasteiger partial charge in [-0.05, 0) is 42.6 Å². The molecule has 1 aliphatic heterocycles. The average molecular weight is 416 g/mol. The Morgan fingerprint density at radius 3 is 2.26 bits per heavy atom. The van der Waals surface area contributed by atoms with Gasteiger partial charge in [-0.2, -0.15) is 0 Å². The summed E-state index contributed by atoms with van der Waals surface area (Å²) in [6, 6.07) is 19.2. The largest absolute Gasteiger partial charge is 0.449 e. The molecule has 7 heteroatoms. The molecule has 1 fully saturated rings. The van der Waals surface area contributed by atoms with Crippen molar-refractivity contribution in [2.45, 2.75) is 25.9 Å². The van der Waals surface area contributed by atoms with Crippen LogP contribution in [0.2, 0.25) is 0 Å². The number of carbonyl (C=O) groups excluding carboxylic acids is 4. The number of fused-ring (bicyclic) bond motifs is 1. The standard InChI is InChI=1S/C24H20N2O5/c1-15(23(29)25-20-8-4-6-16-5-2-3-7-19(16)20)31-24(30)17-9-11-18(12-10-17)26-21(27)13-14-22(26)28/h2-12,15H,13-14H2,1H3,(H,25,29)/t15-/m1/s1. The fourth-order valence-corrected chi connectivity index (χ4v) is 3.46. The minimum atomic E-state index is -1.02. The van der Waals surface area contributed by atoms with Crippen LogP contribution in [0.15, 0.2) is 66.7 Å². The first-order valence-corrected chi connectivity index (χ1v) is 9.89. The molecule has 3 aromatic rings. The van der Waals surface area contributed by atoms with Crippen LogP contribution in [0, 0.1) is 0 Å². The molecule has 3 amide bonds. The molecule has 0 aliphatic carbocycles. The van der Waals surface area contributed by atoms with Crippen molar-refractivity contribution >= 4 is 45.8 Å². The minimum Gasteiger partial charge on any atom is -0.449 e. The van der Waals surface area contributed by atoms with E-state index in [0.29, 0.717) is 11.4 Å². The summed E-state index contributed by atoms with van der Waals surface area (Å²) in [6.07, 6.45) is -0.648. The van der Waals surface area contributed by atoms with E-state index in [0.717, 1.165) is 15.7 Å². The number of benzene rings is 3. The van der Waals surface area contributed by atoms with Crippen LogP contribution in [0.4, 0.5) is 11.4 Å². The molecule has 0 saturated carbocycles. The first kappa shape index (κ1) is 20.3. The van der Waals surface area contributed by atoms with Crippen LogP contribution in [0.25, 0.3) is 10.8 Å². The van der Waals surface area contributed by atoms with Gasteiger partial charge in [-0.25, -0.2) is 4.79 Å². The molecule has 3 aromatic carbocycles. The van der Waals surface area contributed by atoms with Gasteiger partial charge in [0.05, 0.1) is 11.3 Å². The third-order valence-corrected chi connectivity index (χ3v) is 5.11. The summed E-state index contributed by atoms with van der Waals surface area (Å²) in [6.45, 7) is 1.49. The summed E-state index contributed by atoms with van der Waals surface area (Å²) in [4.78, 5) is 49.7. The van der Waals surface area contributed by atoms with Gasteiger partial charge < -0.3 is 10.1 Å². The summed E-state index contributed by atoms with van der Waals surface area (Å²) < 4.78 is 5.29. The number of nitrogens with zero attached hydrogens (tertiary/aromatic N) is 1. The van der Waals surface area contributed by atoms with Crippen molar-refractivity contribution in [3.05, 3.63) is 72.3 Å². The predicted molar refractivity (Wildman–Crippen MR) is 116 cm³/mol. The molecule has 156 valence electrons. The fourth-order valence-electron chi connectivity index (χ4n) is 3.46. The van der Waals surface area contributed by atoms with Crippen molar-refractivity contribution in [3.63, 3.8) is 0 Å². The number of anilines is 2. The fraction of sp³-hybridized carbons (Fsp3) is 0.167. The highest BCUT2D eigenvalue weighted by atomic mass is 16.5. The third-order valence-electron chi connectivity index (χ3n) is 5.11.